The maximum absolute atomic E-state index is 13.0. The number of hydrogen-bond donors (Lipinski definition) is 1. The average molecular weight is 279 g/mol. The van der Waals surface area contributed by atoms with Crippen molar-refractivity contribution in [1.29, 1.82) is 0 Å². The van der Waals surface area contributed by atoms with Crippen LogP contribution < -0.4 is 5.32 Å². The molecule has 3 fully saturated rings. The number of likely N-dealkylation sites (N-methyl/N-ethyl adjacent to an activating group) is 1. The van der Waals surface area contributed by atoms with Crippen LogP contribution >= 0.6 is 0 Å². The second-order valence-electron chi connectivity index (χ2n) is 6.76. The van der Waals surface area contributed by atoms with Gasteiger partial charge in [0, 0.05) is 12.6 Å². The molecular formula is C16H29N3O. The van der Waals surface area contributed by atoms with Gasteiger partial charge in [0.25, 0.3) is 0 Å². The van der Waals surface area contributed by atoms with Crippen LogP contribution in [0, 0.1) is 0 Å². The molecule has 1 spiro atoms. The Kier molecular flexibility index (Phi) is 4.04. The molecule has 1 N–H and O–H groups in total. The Morgan fingerprint density at radius 1 is 1.25 bits per heavy atom. The van der Waals surface area contributed by atoms with Crippen LogP contribution in [-0.4, -0.2) is 53.1 Å². The fraction of sp³-hybridized carbons (Fsp3) is 0.938. The van der Waals surface area contributed by atoms with E-state index in [0.29, 0.717) is 11.9 Å². The SMILES string of the molecule is CCC1NC2(CCCC2)C(=O)N1C1CCCN(CC)C1. The number of likely N-dealkylation sites (tertiary alicyclic amines) is 1. The lowest BCUT2D eigenvalue weighted by molar-refractivity contribution is -0.136. The fourth-order valence-electron chi connectivity index (χ4n) is 4.44. The van der Waals surface area contributed by atoms with Crippen molar-refractivity contribution in [2.24, 2.45) is 0 Å². The van der Waals surface area contributed by atoms with Crippen LogP contribution in [0.2, 0.25) is 0 Å². The zero-order valence-corrected chi connectivity index (χ0v) is 13.0. The Morgan fingerprint density at radius 3 is 2.65 bits per heavy atom. The van der Waals surface area contributed by atoms with Crippen molar-refractivity contribution >= 4 is 5.91 Å². The summed E-state index contributed by atoms with van der Waals surface area (Å²) in [6.45, 7) is 7.79. The Hall–Kier alpha value is -0.610. The van der Waals surface area contributed by atoms with Crippen molar-refractivity contribution in [3.63, 3.8) is 0 Å². The molecule has 2 unspecified atom stereocenters. The molecule has 4 nitrogen and oxygen atoms in total. The summed E-state index contributed by atoms with van der Waals surface area (Å²) < 4.78 is 0. The molecule has 2 aliphatic heterocycles. The first-order valence-electron chi connectivity index (χ1n) is 8.53. The normalized spacial score (nSPS) is 34.3. The van der Waals surface area contributed by atoms with E-state index in [1.54, 1.807) is 0 Å². The van der Waals surface area contributed by atoms with Crippen molar-refractivity contribution in [2.75, 3.05) is 19.6 Å². The molecule has 1 amide bonds. The first-order chi connectivity index (χ1) is 9.70. The lowest BCUT2D eigenvalue weighted by Gasteiger charge is -2.39. The van der Waals surface area contributed by atoms with Crippen LogP contribution in [0.4, 0.5) is 0 Å². The van der Waals surface area contributed by atoms with Gasteiger partial charge in [-0.1, -0.05) is 26.7 Å². The molecule has 1 aliphatic carbocycles. The van der Waals surface area contributed by atoms with Crippen LogP contribution in [0.5, 0.6) is 0 Å². The maximum atomic E-state index is 13.0. The highest BCUT2D eigenvalue weighted by Crippen LogP contribution is 2.38. The summed E-state index contributed by atoms with van der Waals surface area (Å²) in [5, 5.41) is 3.70. The first kappa shape index (κ1) is 14.3. The second kappa shape index (κ2) is 5.64. The molecule has 2 atom stereocenters. The quantitative estimate of drug-likeness (QED) is 0.858. The maximum Gasteiger partial charge on any atom is 0.244 e. The Morgan fingerprint density at radius 2 is 2.00 bits per heavy atom. The molecule has 114 valence electrons. The summed E-state index contributed by atoms with van der Waals surface area (Å²) in [6, 6.07) is 0.425. The van der Waals surface area contributed by atoms with E-state index in [2.05, 4.69) is 29.0 Å². The fourth-order valence-corrected chi connectivity index (χ4v) is 4.44. The summed E-state index contributed by atoms with van der Waals surface area (Å²) in [6.07, 6.45) is 8.19. The topological polar surface area (TPSA) is 35.6 Å². The highest BCUT2D eigenvalue weighted by Gasteiger charge is 2.53. The molecular weight excluding hydrogens is 250 g/mol. The van der Waals surface area contributed by atoms with Gasteiger partial charge in [0.1, 0.15) is 0 Å². The second-order valence-corrected chi connectivity index (χ2v) is 6.76. The van der Waals surface area contributed by atoms with Crippen molar-refractivity contribution in [1.82, 2.24) is 15.1 Å². The van der Waals surface area contributed by atoms with Gasteiger partial charge in [0.05, 0.1) is 11.7 Å². The minimum Gasteiger partial charge on any atom is -0.321 e. The summed E-state index contributed by atoms with van der Waals surface area (Å²) >= 11 is 0. The van der Waals surface area contributed by atoms with Gasteiger partial charge in [-0.15, -0.1) is 0 Å². The number of nitrogens with one attached hydrogen (secondary N) is 1. The van der Waals surface area contributed by atoms with Gasteiger partial charge in [0.2, 0.25) is 5.91 Å². The molecule has 4 heteroatoms. The van der Waals surface area contributed by atoms with E-state index in [-0.39, 0.29) is 11.7 Å². The lowest BCUT2D eigenvalue weighted by atomic mass is 9.96. The van der Waals surface area contributed by atoms with Crippen LogP contribution in [0.15, 0.2) is 0 Å². The molecule has 1 saturated carbocycles. The third-order valence-corrected chi connectivity index (χ3v) is 5.59. The number of rotatable bonds is 3. The largest absolute Gasteiger partial charge is 0.321 e. The van der Waals surface area contributed by atoms with E-state index in [1.165, 1.54) is 32.2 Å². The van der Waals surface area contributed by atoms with Gasteiger partial charge >= 0.3 is 0 Å². The van der Waals surface area contributed by atoms with Gasteiger partial charge < -0.3 is 9.80 Å². The summed E-state index contributed by atoms with van der Waals surface area (Å²) in [7, 11) is 0. The van der Waals surface area contributed by atoms with Crippen LogP contribution in [0.1, 0.15) is 58.8 Å². The predicted molar refractivity (Wildman–Crippen MR) is 80.4 cm³/mol. The highest BCUT2D eigenvalue weighted by molar-refractivity contribution is 5.89. The Bertz CT molecular complexity index is 365. The van der Waals surface area contributed by atoms with E-state index in [0.717, 1.165) is 32.4 Å². The van der Waals surface area contributed by atoms with E-state index < -0.39 is 0 Å². The Labute approximate surface area is 122 Å². The van der Waals surface area contributed by atoms with E-state index >= 15 is 0 Å². The molecule has 3 rings (SSSR count). The average Bonchev–Trinajstić information content (AvgIpc) is 3.06. The summed E-state index contributed by atoms with van der Waals surface area (Å²) in [5.41, 5.74) is -0.199. The monoisotopic (exact) mass is 279 g/mol. The summed E-state index contributed by atoms with van der Waals surface area (Å²) in [5.74, 6) is 0.407. The molecule has 0 bridgehead atoms. The zero-order chi connectivity index (χ0) is 14.2. The van der Waals surface area contributed by atoms with E-state index in [1.807, 2.05) is 0 Å². The minimum absolute atomic E-state index is 0.199. The van der Waals surface area contributed by atoms with Gasteiger partial charge in [-0.05, 0) is 45.2 Å². The number of carbonyl (C=O) groups excluding carboxylic acids is 1. The van der Waals surface area contributed by atoms with Crippen molar-refractivity contribution < 1.29 is 4.79 Å². The molecule has 2 saturated heterocycles. The lowest BCUT2D eigenvalue weighted by Crippen LogP contribution is -2.52. The molecule has 0 aromatic rings. The smallest absolute Gasteiger partial charge is 0.244 e. The zero-order valence-electron chi connectivity index (χ0n) is 13.0. The molecule has 0 aromatic carbocycles. The number of amides is 1. The molecule has 20 heavy (non-hydrogen) atoms. The molecule has 0 aromatic heterocycles. The Balaban J connectivity index is 1.78. The number of piperidine rings is 1. The molecule has 2 heterocycles. The highest BCUT2D eigenvalue weighted by atomic mass is 16.2. The van der Waals surface area contributed by atoms with Crippen molar-refractivity contribution in [2.45, 2.75) is 76.5 Å². The summed E-state index contributed by atoms with van der Waals surface area (Å²) in [4.78, 5) is 17.8. The van der Waals surface area contributed by atoms with E-state index in [9.17, 15) is 4.79 Å². The number of hydrogen-bond acceptors (Lipinski definition) is 3. The minimum atomic E-state index is -0.199. The van der Waals surface area contributed by atoms with Crippen LogP contribution in [0.25, 0.3) is 0 Å². The third kappa shape index (κ3) is 2.27. The number of carbonyl (C=O) groups is 1. The number of nitrogens with zero attached hydrogens (tertiary/aromatic N) is 2. The van der Waals surface area contributed by atoms with Crippen molar-refractivity contribution in [3.8, 4) is 0 Å². The third-order valence-electron chi connectivity index (χ3n) is 5.59. The van der Waals surface area contributed by atoms with Crippen molar-refractivity contribution in [3.05, 3.63) is 0 Å². The van der Waals surface area contributed by atoms with E-state index in [4.69, 9.17) is 0 Å². The predicted octanol–water partition coefficient (Wildman–Crippen LogP) is 1.95. The van der Waals surface area contributed by atoms with Crippen LogP contribution in [0.3, 0.4) is 0 Å². The van der Waals surface area contributed by atoms with Gasteiger partial charge in [-0.25, -0.2) is 0 Å². The molecule has 0 radical (unpaired) electrons. The first-order valence-corrected chi connectivity index (χ1v) is 8.53. The van der Waals surface area contributed by atoms with Gasteiger partial charge in [-0.2, -0.15) is 0 Å². The molecule has 3 aliphatic rings. The standard InChI is InChI=1S/C16H29N3O/c1-3-14-17-16(9-5-6-10-16)15(20)19(14)13-8-7-11-18(4-2)12-13/h13-14,17H,3-12H2,1-2H3. The van der Waals surface area contributed by atoms with Gasteiger partial charge in [-0.3, -0.25) is 10.1 Å². The van der Waals surface area contributed by atoms with Gasteiger partial charge in [0.15, 0.2) is 0 Å². The van der Waals surface area contributed by atoms with Crippen LogP contribution in [-0.2, 0) is 4.79 Å².